The highest BCUT2D eigenvalue weighted by Crippen LogP contribution is 2.49. The van der Waals surface area contributed by atoms with Crippen molar-refractivity contribution >= 4 is 55.7 Å². The van der Waals surface area contributed by atoms with Crippen LogP contribution >= 0.6 is 35.0 Å². The van der Waals surface area contributed by atoms with Gasteiger partial charge in [-0.1, -0.05) is 35.9 Å². The highest BCUT2D eigenvalue weighted by atomic mass is 35.5. The zero-order valence-electron chi connectivity index (χ0n) is 21.7. The molecule has 0 bridgehead atoms. The summed E-state index contributed by atoms with van der Waals surface area (Å²) in [4.78, 5) is 11.8. The summed E-state index contributed by atoms with van der Waals surface area (Å²) < 4.78 is 31.9. The quantitative estimate of drug-likeness (QED) is 0.187. The zero-order valence-corrected chi connectivity index (χ0v) is 24.8. The molecule has 0 unspecified atom stereocenters. The Morgan fingerprint density at radius 1 is 0.897 bits per heavy atom. The average Bonchev–Trinajstić information content (AvgIpc) is 2.88. The topological polar surface area (TPSA) is 122 Å². The third-order valence-corrected chi connectivity index (χ3v) is 8.44. The second kappa shape index (κ2) is 12.6. The van der Waals surface area contributed by atoms with Gasteiger partial charge in [0, 0.05) is 33.8 Å². The van der Waals surface area contributed by atoms with Crippen molar-refractivity contribution in [2.45, 2.75) is 17.7 Å². The number of halogens is 2. The van der Waals surface area contributed by atoms with Crippen molar-refractivity contribution in [1.82, 2.24) is 9.80 Å². The molecule has 0 fully saturated rings. The van der Waals surface area contributed by atoms with Crippen molar-refractivity contribution in [3.8, 4) is 17.9 Å². The van der Waals surface area contributed by atoms with Crippen LogP contribution in [0, 0.1) is 29.6 Å². The first-order valence-electron chi connectivity index (χ1n) is 11.3. The number of rotatable bonds is 6. The molecule has 0 radical (unpaired) electrons. The first kappa shape index (κ1) is 30.1. The van der Waals surface area contributed by atoms with Gasteiger partial charge in [-0.25, -0.2) is 9.98 Å². The molecule has 202 valence electrons. The number of hydrogen-bond acceptors (Lipinski definition) is 8. The third kappa shape index (κ3) is 6.94. The Morgan fingerprint density at radius 3 is 1.85 bits per heavy atom. The Hall–Kier alpha value is -3.48. The van der Waals surface area contributed by atoms with Gasteiger partial charge in [-0.15, -0.1) is 0 Å². The van der Waals surface area contributed by atoms with E-state index < -0.39 is 16.0 Å². The fraction of sp³-hybridized carbons (Fsp3) is 0.231. The van der Waals surface area contributed by atoms with Gasteiger partial charge in [-0.05, 0) is 60.1 Å². The number of nitriles is 2. The molecule has 0 saturated carbocycles. The molecular weight excluding hydrogens is 579 g/mol. The van der Waals surface area contributed by atoms with Crippen LogP contribution in [0.1, 0.15) is 17.0 Å². The lowest BCUT2D eigenvalue weighted by molar-refractivity contribution is 0.482. The first-order valence-corrected chi connectivity index (χ1v) is 14.3. The monoisotopic (exact) mass is 602 g/mol. The lowest BCUT2D eigenvalue weighted by Crippen LogP contribution is -2.19. The van der Waals surface area contributed by atoms with Crippen LogP contribution in [0.5, 0.6) is 5.75 Å². The molecule has 0 aromatic heterocycles. The lowest BCUT2D eigenvalue weighted by Gasteiger charge is -2.26. The largest absolute Gasteiger partial charge is 0.379 e. The van der Waals surface area contributed by atoms with E-state index >= 15 is 0 Å². The van der Waals surface area contributed by atoms with Crippen LogP contribution < -0.4 is 4.18 Å². The fourth-order valence-electron chi connectivity index (χ4n) is 3.33. The van der Waals surface area contributed by atoms with Gasteiger partial charge in [0.25, 0.3) is 0 Å². The summed E-state index contributed by atoms with van der Waals surface area (Å²) in [7, 11) is 2.49. The number of allylic oxidation sites excluding steroid dienone is 2. The summed E-state index contributed by atoms with van der Waals surface area (Å²) in [5, 5.41) is 21.0. The van der Waals surface area contributed by atoms with E-state index in [4.69, 9.17) is 27.4 Å². The molecule has 0 amide bonds. The van der Waals surface area contributed by atoms with Gasteiger partial charge in [-0.3, -0.25) is 0 Å². The van der Waals surface area contributed by atoms with Gasteiger partial charge in [-0.2, -0.15) is 18.9 Å². The van der Waals surface area contributed by atoms with Gasteiger partial charge in [0.1, 0.15) is 20.7 Å². The number of aryl methyl sites for hydroxylation is 1. The predicted octanol–water partition coefficient (Wildman–Crippen LogP) is 5.38. The zero-order chi connectivity index (χ0) is 28.9. The normalized spacial score (nSPS) is 15.1. The van der Waals surface area contributed by atoms with E-state index in [1.165, 1.54) is 18.2 Å². The van der Waals surface area contributed by atoms with Crippen LogP contribution in [0.15, 0.2) is 84.6 Å². The Labute approximate surface area is 242 Å². The van der Waals surface area contributed by atoms with Crippen molar-refractivity contribution in [2.24, 2.45) is 9.98 Å². The van der Waals surface area contributed by atoms with E-state index in [1.54, 1.807) is 68.3 Å². The summed E-state index contributed by atoms with van der Waals surface area (Å²) >= 11 is 13.6. The summed E-state index contributed by atoms with van der Waals surface area (Å²) in [5.41, 5.74) is 1.28. The van der Waals surface area contributed by atoms with E-state index in [2.05, 4.69) is 22.1 Å². The summed E-state index contributed by atoms with van der Waals surface area (Å²) in [6.45, 7) is 1.84. The van der Waals surface area contributed by atoms with Crippen LogP contribution in [0.25, 0.3) is 0 Å². The molecule has 0 saturated heterocycles. The molecule has 3 rings (SSSR count). The molecular formula is C26H24Cl2N6O3S2. The number of benzene rings is 2. The van der Waals surface area contributed by atoms with Crippen molar-refractivity contribution < 1.29 is 12.6 Å². The minimum absolute atomic E-state index is 0.0414. The minimum Gasteiger partial charge on any atom is -0.379 e. The third-order valence-electron chi connectivity index (χ3n) is 5.34. The Kier molecular flexibility index (Phi) is 9.70. The van der Waals surface area contributed by atoms with E-state index in [0.29, 0.717) is 0 Å². The van der Waals surface area contributed by atoms with Crippen molar-refractivity contribution in [3.05, 3.63) is 80.9 Å². The lowest BCUT2D eigenvalue weighted by atomic mass is 9.85. The number of aliphatic imine (C=N–C) groups is 2. The predicted molar refractivity (Wildman–Crippen MR) is 155 cm³/mol. The Bertz CT molecular complexity index is 1520. The van der Waals surface area contributed by atoms with E-state index in [1.807, 2.05) is 6.92 Å². The Morgan fingerprint density at radius 2 is 1.38 bits per heavy atom. The molecule has 13 heteroatoms. The molecule has 9 nitrogen and oxygen atoms in total. The van der Waals surface area contributed by atoms with Gasteiger partial charge in [0.15, 0.2) is 10.6 Å². The molecule has 39 heavy (non-hydrogen) atoms. The standard InChI is InChI=1S/C26H24Cl2N6O3S2/c1-16-10-12-17(13-11-16)39(35,36)37-21-9-7-6-8-18(21)22-19(14-29)23(31-25(27)33(2)3)38-24(20(22)15-30)32-26(28)34(4)5/h6-13,22H,1-5H3/b31-25+,32-26+. The number of hydrogen-bond donors (Lipinski definition) is 0. The minimum atomic E-state index is -4.24. The van der Waals surface area contributed by atoms with Crippen LogP contribution in [-0.2, 0) is 10.1 Å². The molecule has 0 atom stereocenters. The van der Waals surface area contributed by atoms with Crippen LogP contribution in [0.3, 0.4) is 0 Å². The molecule has 0 spiro atoms. The summed E-state index contributed by atoms with van der Waals surface area (Å²) in [6, 6.07) is 16.7. The molecule has 1 aliphatic rings. The fourth-order valence-corrected chi connectivity index (χ4v) is 5.55. The van der Waals surface area contributed by atoms with Gasteiger partial charge >= 0.3 is 10.1 Å². The Balaban J connectivity index is 2.28. The molecule has 2 aromatic carbocycles. The van der Waals surface area contributed by atoms with Crippen LogP contribution in [-0.4, -0.2) is 57.0 Å². The van der Waals surface area contributed by atoms with Gasteiger partial charge < -0.3 is 14.0 Å². The smallest absolute Gasteiger partial charge is 0.339 e. The maximum absolute atomic E-state index is 13.1. The maximum atomic E-state index is 13.1. The van der Waals surface area contributed by atoms with Crippen molar-refractivity contribution in [1.29, 1.82) is 10.5 Å². The van der Waals surface area contributed by atoms with E-state index in [0.717, 1.165) is 17.3 Å². The summed E-state index contributed by atoms with van der Waals surface area (Å²) in [5.74, 6) is -1.12. The number of thioether (sulfide) groups is 1. The van der Waals surface area contributed by atoms with Gasteiger partial charge in [0.05, 0.1) is 29.2 Å². The first-order chi connectivity index (χ1) is 18.4. The number of nitrogens with zero attached hydrogens (tertiary/aromatic N) is 6. The molecule has 1 aliphatic heterocycles. The molecule has 2 aromatic rings. The molecule has 0 N–H and O–H groups in total. The second-order valence-corrected chi connectivity index (χ2v) is 11.8. The van der Waals surface area contributed by atoms with E-state index in [9.17, 15) is 18.9 Å². The molecule has 1 heterocycles. The SMILES string of the molecule is Cc1ccc(S(=O)(=O)Oc2ccccc2C2C(C#N)=C(/N=C(\Cl)N(C)C)SC(/N=C(\Cl)N(C)C)=C2C#N)cc1. The number of para-hydroxylation sites is 1. The average molecular weight is 604 g/mol. The summed E-state index contributed by atoms with van der Waals surface area (Å²) in [6.07, 6.45) is 0. The molecule has 0 aliphatic carbocycles. The van der Waals surface area contributed by atoms with Gasteiger partial charge in [0.2, 0.25) is 0 Å². The van der Waals surface area contributed by atoms with Crippen LogP contribution in [0.2, 0.25) is 0 Å². The highest BCUT2D eigenvalue weighted by molar-refractivity contribution is 8.06. The second-order valence-electron chi connectivity index (χ2n) is 8.64. The van der Waals surface area contributed by atoms with Crippen LogP contribution in [0.4, 0.5) is 0 Å². The highest BCUT2D eigenvalue weighted by Gasteiger charge is 2.36. The van der Waals surface area contributed by atoms with E-state index in [-0.39, 0.29) is 48.0 Å². The van der Waals surface area contributed by atoms with Crippen molar-refractivity contribution in [2.75, 3.05) is 28.2 Å². The number of amidine groups is 2. The maximum Gasteiger partial charge on any atom is 0.339 e. The van der Waals surface area contributed by atoms with Crippen molar-refractivity contribution in [3.63, 3.8) is 0 Å².